The molecule has 26 heavy (non-hydrogen) atoms. The molecule has 0 aliphatic carbocycles. The first kappa shape index (κ1) is 15.5. The molecule has 0 fully saturated rings. The summed E-state index contributed by atoms with van der Waals surface area (Å²) in [6.07, 6.45) is 2.66. The van der Waals surface area contributed by atoms with Crippen LogP contribution in [0.15, 0.2) is 69.1 Å². The number of furan rings is 1. The Balaban J connectivity index is 1.46. The van der Waals surface area contributed by atoms with Gasteiger partial charge in [0.15, 0.2) is 5.76 Å². The van der Waals surface area contributed by atoms with Crippen molar-refractivity contribution in [2.45, 2.75) is 19.0 Å². The molecule has 0 radical (unpaired) electrons. The van der Waals surface area contributed by atoms with Gasteiger partial charge in [0.25, 0.3) is 0 Å². The fourth-order valence-corrected chi connectivity index (χ4v) is 4.47. The van der Waals surface area contributed by atoms with Gasteiger partial charge in [-0.2, -0.15) is 4.98 Å². The Hall–Kier alpha value is -2.70. The molecule has 0 bridgehead atoms. The molecule has 0 spiro atoms. The standard InChI is InChI=1S/C20H17N3O2S/c1-2-5-14(6-3-1)19-15-9-12-26-17(15)8-10-23(19)13-18-21-20(22-25-18)16-7-4-11-24-16/h1-7,9,11-12,19H,8,10,13H2. The molecule has 5 nitrogen and oxygen atoms in total. The highest BCUT2D eigenvalue weighted by Gasteiger charge is 2.30. The Morgan fingerprint density at radius 2 is 2.04 bits per heavy atom. The van der Waals surface area contributed by atoms with E-state index in [-0.39, 0.29) is 6.04 Å². The molecule has 130 valence electrons. The van der Waals surface area contributed by atoms with Crippen molar-refractivity contribution in [1.82, 2.24) is 15.0 Å². The summed E-state index contributed by atoms with van der Waals surface area (Å²) in [5.41, 5.74) is 2.68. The number of rotatable bonds is 4. The van der Waals surface area contributed by atoms with E-state index in [1.54, 1.807) is 6.26 Å². The van der Waals surface area contributed by atoms with Crippen LogP contribution in [0.25, 0.3) is 11.6 Å². The highest BCUT2D eigenvalue weighted by atomic mass is 32.1. The van der Waals surface area contributed by atoms with Gasteiger partial charge in [0, 0.05) is 11.4 Å². The van der Waals surface area contributed by atoms with Crippen LogP contribution < -0.4 is 0 Å². The van der Waals surface area contributed by atoms with Crippen molar-refractivity contribution in [2.24, 2.45) is 0 Å². The van der Waals surface area contributed by atoms with Gasteiger partial charge in [0.05, 0.1) is 18.8 Å². The molecule has 1 unspecified atom stereocenters. The maximum absolute atomic E-state index is 5.48. The highest BCUT2D eigenvalue weighted by molar-refractivity contribution is 7.10. The highest BCUT2D eigenvalue weighted by Crippen LogP contribution is 2.38. The van der Waals surface area contributed by atoms with Crippen molar-refractivity contribution in [3.05, 3.63) is 82.1 Å². The van der Waals surface area contributed by atoms with Gasteiger partial charge in [-0.15, -0.1) is 11.3 Å². The van der Waals surface area contributed by atoms with Crippen LogP contribution in [0.1, 0.15) is 27.9 Å². The van der Waals surface area contributed by atoms with E-state index in [1.165, 1.54) is 16.0 Å². The normalized spacial score (nSPS) is 17.3. The second kappa shape index (κ2) is 6.55. The van der Waals surface area contributed by atoms with Gasteiger partial charge < -0.3 is 8.94 Å². The Morgan fingerprint density at radius 3 is 2.88 bits per heavy atom. The smallest absolute Gasteiger partial charge is 0.241 e. The van der Waals surface area contributed by atoms with Crippen molar-refractivity contribution < 1.29 is 8.94 Å². The van der Waals surface area contributed by atoms with Gasteiger partial charge in [-0.05, 0) is 41.1 Å². The second-order valence-electron chi connectivity index (χ2n) is 6.32. The van der Waals surface area contributed by atoms with E-state index >= 15 is 0 Å². The van der Waals surface area contributed by atoms with Crippen molar-refractivity contribution in [3.63, 3.8) is 0 Å². The number of thiophene rings is 1. The lowest BCUT2D eigenvalue weighted by molar-refractivity contribution is 0.179. The minimum absolute atomic E-state index is 0.213. The Morgan fingerprint density at radius 1 is 1.12 bits per heavy atom. The zero-order valence-electron chi connectivity index (χ0n) is 14.0. The summed E-state index contributed by atoms with van der Waals surface area (Å²) in [5, 5.41) is 6.24. The number of aromatic nitrogens is 2. The Labute approximate surface area is 154 Å². The third-order valence-corrected chi connectivity index (χ3v) is 5.73. The number of hydrogen-bond donors (Lipinski definition) is 0. The summed E-state index contributed by atoms with van der Waals surface area (Å²) in [6.45, 7) is 1.58. The molecular formula is C20H17N3O2S. The van der Waals surface area contributed by atoms with E-state index in [9.17, 15) is 0 Å². The average Bonchev–Trinajstić information content (AvgIpc) is 3.43. The molecule has 6 heteroatoms. The molecule has 5 rings (SSSR count). The maximum atomic E-state index is 5.48. The fourth-order valence-electron chi connectivity index (χ4n) is 3.56. The number of nitrogens with zero attached hydrogens (tertiary/aromatic N) is 3. The zero-order valence-corrected chi connectivity index (χ0v) is 14.9. The lowest BCUT2D eigenvalue weighted by atomic mass is 9.93. The predicted octanol–water partition coefficient (Wildman–Crippen LogP) is 4.54. The molecule has 4 heterocycles. The first-order chi connectivity index (χ1) is 12.9. The monoisotopic (exact) mass is 363 g/mol. The van der Waals surface area contributed by atoms with Gasteiger partial charge >= 0.3 is 0 Å². The molecular weight excluding hydrogens is 346 g/mol. The van der Waals surface area contributed by atoms with E-state index in [0.717, 1.165) is 13.0 Å². The molecule has 0 saturated carbocycles. The summed E-state index contributed by atoms with van der Waals surface area (Å²) in [5.74, 6) is 1.73. The molecule has 0 saturated heterocycles. The second-order valence-corrected chi connectivity index (χ2v) is 7.32. The van der Waals surface area contributed by atoms with Gasteiger partial charge in [0.1, 0.15) is 0 Å². The third-order valence-electron chi connectivity index (χ3n) is 4.73. The van der Waals surface area contributed by atoms with Crippen LogP contribution >= 0.6 is 11.3 Å². The molecule has 4 aromatic rings. The van der Waals surface area contributed by atoms with Crippen molar-refractivity contribution in [2.75, 3.05) is 6.54 Å². The largest absolute Gasteiger partial charge is 0.461 e. The van der Waals surface area contributed by atoms with E-state index in [2.05, 4.69) is 56.8 Å². The van der Waals surface area contributed by atoms with E-state index in [4.69, 9.17) is 8.94 Å². The first-order valence-corrected chi connectivity index (χ1v) is 9.48. The topological polar surface area (TPSA) is 55.3 Å². The summed E-state index contributed by atoms with van der Waals surface area (Å²) < 4.78 is 10.8. The summed E-state index contributed by atoms with van der Waals surface area (Å²) >= 11 is 1.84. The van der Waals surface area contributed by atoms with Crippen LogP contribution in [0.4, 0.5) is 0 Å². The molecule has 1 aromatic carbocycles. The van der Waals surface area contributed by atoms with Crippen LogP contribution in [0.2, 0.25) is 0 Å². The van der Waals surface area contributed by atoms with E-state index in [1.807, 2.05) is 23.5 Å². The lowest BCUT2D eigenvalue weighted by Gasteiger charge is -2.35. The Bertz CT molecular complexity index is 991. The Kier molecular flexibility index (Phi) is 3.92. The minimum atomic E-state index is 0.213. The van der Waals surface area contributed by atoms with Crippen LogP contribution in [0.3, 0.4) is 0 Å². The first-order valence-electron chi connectivity index (χ1n) is 8.60. The fraction of sp³-hybridized carbons (Fsp3) is 0.200. The molecule has 0 N–H and O–H groups in total. The van der Waals surface area contributed by atoms with Crippen molar-refractivity contribution in [1.29, 1.82) is 0 Å². The van der Waals surface area contributed by atoms with Gasteiger partial charge in [0.2, 0.25) is 11.7 Å². The molecule has 1 atom stereocenters. The number of benzene rings is 1. The lowest BCUT2D eigenvalue weighted by Crippen LogP contribution is -2.35. The molecule has 3 aromatic heterocycles. The van der Waals surface area contributed by atoms with E-state index < -0.39 is 0 Å². The number of fused-ring (bicyclic) bond motifs is 1. The van der Waals surface area contributed by atoms with Gasteiger partial charge in [-0.25, -0.2) is 0 Å². The molecule has 0 amide bonds. The van der Waals surface area contributed by atoms with Gasteiger partial charge in [-0.3, -0.25) is 4.90 Å². The summed E-state index contributed by atoms with van der Waals surface area (Å²) in [7, 11) is 0. The average molecular weight is 363 g/mol. The SMILES string of the molecule is c1ccc(C2c3ccsc3CCN2Cc2nc(-c3ccco3)no2)cc1. The van der Waals surface area contributed by atoms with Gasteiger partial charge in [-0.1, -0.05) is 35.5 Å². The molecule has 1 aliphatic heterocycles. The quantitative estimate of drug-likeness (QED) is 0.533. The maximum Gasteiger partial charge on any atom is 0.241 e. The van der Waals surface area contributed by atoms with Crippen LogP contribution in [-0.2, 0) is 13.0 Å². The summed E-state index contributed by atoms with van der Waals surface area (Å²) in [4.78, 5) is 8.38. The molecule has 1 aliphatic rings. The number of hydrogen-bond acceptors (Lipinski definition) is 6. The third kappa shape index (κ3) is 2.77. The minimum Gasteiger partial charge on any atom is -0.461 e. The van der Waals surface area contributed by atoms with Crippen molar-refractivity contribution in [3.8, 4) is 11.6 Å². The van der Waals surface area contributed by atoms with Crippen LogP contribution in [0, 0.1) is 0 Å². The summed E-state index contributed by atoms with van der Waals surface area (Å²) in [6, 6.07) is 16.7. The van der Waals surface area contributed by atoms with Crippen molar-refractivity contribution >= 4 is 11.3 Å². The predicted molar refractivity (Wildman–Crippen MR) is 98.7 cm³/mol. The van der Waals surface area contributed by atoms with Crippen LogP contribution in [-0.4, -0.2) is 21.6 Å². The van der Waals surface area contributed by atoms with E-state index in [0.29, 0.717) is 24.0 Å². The van der Waals surface area contributed by atoms with Crippen LogP contribution in [0.5, 0.6) is 0 Å². The zero-order chi connectivity index (χ0) is 17.3.